The highest BCUT2D eigenvalue weighted by atomic mass is 32.2. The molecule has 0 spiro atoms. The molecule has 0 saturated carbocycles. The molecule has 22 heavy (non-hydrogen) atoms. The maximum atomic E-state index is 10.6. The van der Waals surface area contributed by atoms with Gasteiger partial charge >= 0.3 is 0 Å². The lowest BCUT2D eigenvalue weighted by Gasteiger charge is -2.14. The Labute approximate surface area is 132 Å². The van der Waals surface area contributed by atoms with Crippen LogP contribution in [0.15, 0.2) is 48.5 Å². The second kappa shape index (κ2) is 7.71. The Morgan fingerprint density at radius 3 is 2.23 bits per heavy atom. The third kappa shape index (κ3) is 4.40. The van der Waals surface area contributed by atoms with Gasteiger partial charge in [0.15, 0.2) is 0 Å². The Balaban J connectivity index is 2.09. The van der Waals surface area contributed by atoms with Crippen molar-refractivity contribution in [2.75, 3.05) is 5.32 Å². The number of rotatable bonds is 6. The van der Waals surface area contributed by atoms with E-state index in [1.165, 1.54) is 0 Å². The Hall–Kier alpha value is -2.20. The summed E-state index contributed by atoms with van der Waals surface area (Å²) >= 11 is -2.10. The summed E-state index contributed by atoms with van der Waals surface area (Å²) in [7, 11) is 0. The van der Waals surface area contributed by atoms with E-state index in [4.69, 9.17) is 5.73 Å². The van der Waals surface area contributed by atoms with E-state index >= 15 is 0 Å². The third-order valence-electron chi connectivity index (χ3n) is 3.23. The molecule has 6 heteroatoms. The predicted octanol–water partition coefficient (Wildman–Crippen LogP) is 2.20. The van der Waals surface area contributed by atoms with Crippen molar-refractivity contribution >= 4 is 16.8 Å². The van der Waals surface area contributed by atoms with Crippen LogP contribution in [0.25, 0.3) is 0 Å². The van der Waals surface area contributed by atoms with Gasteiger partial charge in [-0.15, -0.1) is 0 Å². The molecule has 0 amide bonds. The van der Waals surface area contributed by atoms with E-state index < -0.39 is 17.1 Å². The first-order valence-electron chi connectivity index (χ1n) is 6.72. The van der Waals surface area contributed by atoms with E-state index in [-0.39, 0.29) is 5.75 Å². The molecule has 0 bridgehead atoms. The van der Waals surface area contributed by atoms with Crippen molar-refractivity contribution < 1.29 is 8.76 Å². The molecule has 0 saturated heterocycles. The minimum absolute atomic E-state index is 0.0114. The van der Waals surface area contributed by atoms with Crippen LogP contribution in [0.5, 0.6) is 0 Å². The zero-order valence-corrected chi connectivity index (χ0v) is 12.7. The van der Waals surface area contributed by atoms with Crippen LogP contribution in [-0.2, 0) is 23.4 Å². The Kier molecular flexibility index (Phi) is 5.67. The number of nitrogens with two attached hydrogens (primary N) is 1. The number of nitriles is 1. The Morgan fingerprint density at radius 2 is 1.73 bits per heavy atom. The smallest absolute Gasteiger partial charge is 0.140 e. The molecular formula is C16H16N3O2S-. The van der Waals surface area contributed by atoms with Crippen LogP contribution in [-0.4, -0.2) is 8.76 Å². The van der Waals surface area contributed by atoms with E-state index in [1.54, 1.807) is 24.3 Å². The van der Waals surface area contributed by atoms with Crippen molar-refractivity contribution in [1.82, 2.24) is 0 Å². The molecule has 2 rings (SSSR count). The molecule has 0 fully saturated rings. The van der Waals surface area contributed by atoms with Gasteiger partial charge in [0.05, 0.1) is 6.07 Å². The molecule has 0 heterocycles. The van der Waals surface area contributed by atoms with Crippen molar-refractivity contribution in [1.29, 1.82) is 5.26 Å². The van der Waals surface area contributed by atoms with E-state index in [9.17, 15) is 14.0 Å². The second-order valence-corrected chi connectivity index (χ2v) is 5.69. The number of hydrogen-bond acceptors (Lipinski definition) is 5. The average molecular weight is 314 g/mol. The number of nitrogens with one attached hydrogen (secondary N) is 1. The maximum Gasteiger partial charge on any atom is 0.140 e. The van der Waals surface area contributed by atoms with Crippen LogP contribution in [0.3, 0.4) is 0 Å². The van der Waals surface area contributed by atoms with Gasteiger partial charge in [0.2, 0.25) is 0 Å². The van der Waals surface area contributed by atoms with Crippen LogP contribution >= 0.6 is 0 Å². The average Bonchev–Trinajstić information content (AvgIpc) is 2.54. The lowest BCUT2D eigenvalue weighted by Crippen LogP contribution is -2.09. The van der Waals surface area contributed by atoms with Gasteiger partial charge in [0.25, 0.3) is 0 Å². The van der Waals surface area contributed by atoms with Gasteiger partial charge in [0, 0.05) is 18.0 Å². The molecule has 2 atom stereocenters. The van der Waals surface area contributed by atoms with Crippen LogP contribution < -0.4 is 11.1 Å². The summed E-state index contributed by atoms with van der Waals surface area (Å²) in [5, 5.41) is 12.4. The van der Waals surface area contributed by atoms with Crippen molar-refractivity contribution in [3.05, 3.63) is 65.2 Å². The highest BCUT2D eigenvalue weighted by Crippen LogP contribution is 2.20. The first kappa shape index (κ1) is 16.2. The van der Waals surface area contributed by atoms with E-state index in [2.05, 4.69) is 11.4 Å². The van der Waals surface area contributed by atoms with Gasteiger partial charge in [-0.1, -0.05) is 47.5 Å². The molecule has 0 aliphatic heterocycles. The van der Waals surface area contributed by atoms with Crippen LogP contribution in [0, 0.1) is 11.3 Å². The summed E-state index contributed by atoms with van der Waals surface area (Å²) in [4.78, 5) is 0. The fraction of sp³-hybridized carbons (Fsp3) is 0.188. The summed E-state index contributed by atoms with van der Waals surface area (Å²) in [6, 6.07) is 16.3. The van der Waals surface area contributed by atoms with Gasteiger partial charge < -0.3 is 15.6 Å². The standard InChI is InChI=1S/C16H17N3O2S/c17-9-12-1-5-14(6-2-12)16(10-18)19-15-7-3-13(4-8-15)11-22(20)21/h1-8,16,19H,9,11,17H2,(H,20,21)/p-1. The third-order valence-corrected chi connectivity index (χ3v) is 3.80. The minimum atomic E-state index is -2.10. The molecule has 2 aromatic carbocycles. The first-order valence-corrected chi connectivity index (χ1v) is 7.96. The molecule has 0 radical (unpaired) electrons. The normalized spacial score (nSPS) is 13.1. The fourth-order valence-corrected chi connectivity index (χ4v) is 2.50. The van der Waals surface area contributed by atoms with Gasteiger partial charge in [-0.05, 0) is 28.8 Å². The monoisotopic (exact) mass is 314 g/mol. The van der Waals surface area contributed by atoms with E-state index in [1.807, 2.05) is 24.3 Å². The number of nitrogens with zero attached hydrogens (tertiary/aromatic N) is 1. The van der Waals surface area contributed by atoms with Gasteiger partial charge in [-0.2, -0.15) is 5.26 Å². The van der Waals surface area contributed by atoms with Crippen LogP contribution in [0.2, 0.25) is 0 Å². The van der Waals surface area contributed by atoms with Crippen molar-refractivity contribution in [3.63, 3.8) is 0 Å². The van der Waals surface area contributed by atoms with E-state index in [0.29, 0.717) is 12.1 Å². The number of hydrogen-bond donors (Lipinski definition) is 2. The van der Waals surface area contributed by atoms with Gasteiger partial charge in [0.1, 0.15) is 6.04 Å². The molecule has 5 nitrogen and oxygen atoms in total. The zero-order valence-electron chi connectivity index (χ0n) is 11.9. The number of anilines is 1. The van der Waals surface area contributed by atoms with Crippen LogP contribution in [0.4, 0.5) is 5.69 Å². The van der Waals surface area contributed by atoms with E-state index in [0.717, 1.165) is 16.8 Å². The zero-order chi connectivity index (χ0) is 15.9. The Bertz CT molecular complexity index is 678. The number of benzene rings is 2. The molecule has 114 valence electrons. The molecule has 2 unspecified atom stereocenters. The van der Waals surface area contributed by atoms with Crippen molar-refractivity contribution in [2.45, 2.75) is 18.3 Å². The van der Waals surface area contributed by atoms with Gasteiger partial charge in [-0.3, -0.25) is 4.21 Å². The molecule has 3 N–H and O–H groups in total. The second-order valence-electron chi connectivity index (χ2n) is 4.80. The minimum Gasteiger partial charge on any atom is -0.772 e. The highest BCUT2D eigenvalue weighted by Gasteiger charge is 2.10. The maximum absolute atomic E-state index is 10.6. The summed E-state index contributed by atoms with van der Waals surface area (Å²) < 4.78 is 21.3. The molecule has 2 aromatic rings. The van der Waals surface area contributed by atoms with Crippen LogP contribution in [0.1, 0.15) is 22.7 Å². The largest absolute Gasteiger partial charge is 0.772 e. The lowest BCUT2D eigenvalue weighted by atomic mass is 10.1. The van der Waals surface area contributed by atoms with Gasteiger partial charge in [-0.25, -0.2) is 0 Å². The summed E-state index contributed by atoms with van der Waals surface area (Å²) in [5.41, 5.74) is 8.88. The molecule has 0 aliphatic carbocycles. The lowest BCUT2D eigenvalue weighted by molar-refractivity contribution is 0.536. The molecule has 0 aliphatic rings. The topological polar surface area (TPSA) is 102 Å². The summed E-state index contributed by atoms with van der Waals surface area (Å²) in [5.74, 6) is -0.0114. The quantitative estimate of drug-likeness (QED) is 0.796. The molecular weight excluding hydrogens is 298 g/mol. The summed E-state index contributed by atoms with van der Waals surface area (Å²) in [6.45, 7) is 0.466. The molecule has 0 aromatic heterocycles. The van der Waals surface area contributed by atoms with Crippen molar-refractivity contribution in [3.8, 4) is 6.07 Å². The highest BCUT2D eigenvalue weighted by molar-refractivity contribution is 7.78. The predicted molar refractivity (Wildman–Crippen MR) is 85.4 cm³/mol. The first-order chi connectivity index (χ1) is 10.6. The fourth-order valence-electron chi connectivity index (χ4n) is 2.04. The SMILES string of the molecule is N#CC(Nc1ccc(CS(=O)[O-])cc1)c1ccc(CN)cc1. The summed E-state index contributed by atoms with van der Waals surface area (Å²) in [6.07, 6.45) is 0. The van der Waals surface area contributed by atoms with Crippen molar-refractivity contribution in [2.24, 2.45) is 5.73 Å². The Morgan fingerprint density at radius 1 is 1.14 bits per heavy atom.